The van der Waals surface area contributed by atoms with Crippen molar-refractivity contribution in [2.45, 2.75) is 13.0 Å². The van der Waals surface area contributed by atoms with Crippen LogP contribution < -0.4 is 10.6 Å². The van der Waals surface area contributed by atoms with E-state index < -0.39 is 23.7 Å². The maximum Gasteiger partial charge on any atom is 0.291 e. The molecule has 0 saturated heterocycles. The normalized spacial score (nSPS) is 11.7. The number of nitrogens with one attached hydrogen (secondary N) is 2. The second-order valence-electron chi connectivity index (χ2n) is 6.00. The Morgan fingerprint density at radius 3 is 2.54 bits per heavy atom. The van der Waals surface area contributed by atoms with Crippen LogP contribution in [0.25, 0.3) is 0 Å². The van der Waals surface area contributed by atoms with Crippen LogP contribution in [0.3, 0.4) is 0 Å². The Labute approximate surface area is 170 Å². The molecule has 1 aromatic heterocycles. The summed E-state index contributed by atoms with van der Waals surface area (Å²) in [5.41, 5.74) is 1.14. The third kappa shape index (κ3) is 4.52. The number of halogens is 3. The lowest BCUT2D eigenvalue weighted by molar-refractivity contribution is 0.0938. The third-order valence-electron chi connectivity index (χ3n) is 3.98. The fourth-order valence-corrected chi connectivity index (χ4v) is 3.11. The first-order chi connectivity index (χ1) is 13.3. The molecule has 5 nitrogen and oxygen atoms in total. The van der Waals surface area contributed by atoms with Crippen LogP contribution in [0.1, 0.15) is 39.4 Å². The van der Waals surface area contributed by atoms with Gasteiger partial charge in [-0.1, -0.05) is 29.3 Å². The number of rotatable bonds is 5. The third-order valence-corrected chi connectivity index (χ3v) is 4.60. The minimum absolute atomic E-state index is 0.0905. The molecule has 2 aromatic carbocycles. The second-order valence-corrected chi connectivity index (χ2v) is 6.81. The van der Waals surface area contributed by atoms with Gasteiger partial charge in [-0.2, -0.15) is 0 Å². The topological polar surface area (TPSA) is 71.3 Å². The molecule has 0 aliphatic rings. The van der Waals surface area contributed by atoms with Crippen molar-refractivity contribution < 1.29 is 18.4 Å². The van der Waals surface area contributed by atoms with E-state index in [1.54, 1.807) is 31.2 Å². The van der Waals surface area contributed by atoms with E-state index in [0.29, 0.717) is 16.8 Å². The predicted octanol–water partition coefficient (Wildman–Crippen LogP) is 5.47. The zero-order valence-electron chi connectivity index (χ0n) is 14.6. The van der Waals surface area contributed by atoms with Crippen molar-refractivity contribution in [1.82, 2.24) is 5.32 Å². The quantitative estimate of drug-likeness (QED) is 0.537. The lowest BCUT2D eigenvalue weighted by Crippen LogP contribution is -2.27. The summed E-state index contributed by atoms with van der Waals surface area (Å²) in [6, 6.07) is 11.4. The summed E-state index contributed by atoms with van der Waals surface area (Å²) in [4.78, 5) is 24.6. The molecule has 0 fully saturated rings. The van der Waals surface area contributed by atoms with Crippen molar-refractivity contribution >= 4 is 40.7 Å². The zero-order chi connectivity index (χ0) is 20.3. The number of benzene rings is 2. The number of hydrogen-bond donors (Lipinski definition) is 2. The Morgan fingerprint density at radius 1 is 1.04 bits per heavy atom. The van der Waals surface area contributed by atoms with Crippen LogP contribution in [0.2, 0.25) is 10.0 Å². The number of anilines is 1. The number of hydrogen-bond acceptors (Lipinski definition) is 3. The summed E-state index contributed by atoms with van der Waals surface area (Å²) in [6.45, 7) is 1.68. The maximum absolute atomic E-state index is 13.7. The Hall–Kier alpha value is -2.83. The van der Waals surface area contributed by atoms with Gasteiger partial charge in [-0.25, -0.2) is 4.39 Å². The first-order valence-electron chi connectivity index (χ1n) is 8.25. The van der Waals surface area contributed by atoms with Crippen molar-refractivity contribution in [1.29, 1.82) is 0 Å². The molecule has 0 spiro atoms. The average molecular weight is 421 g/mol. The first kappa shape index (κ1) is 19.9. The van der Waals surface area contributed by atoms with Crippen LogP contribution in [0.5, 0.6) is 0 Å². The van der Waals surface area contributed by atoms with Gasteiger partial charge in [0.25, 0.3) is 11.8 Å². The van der Waals surface area contributed by atoms with Crippen LogP contribution >= 0.6 is 23.2 Å². The van der Waals surface area contributed by atoms with Crippen LogP contribution in [-0.4, -0.2) is 11.8 Å². The Bertz CT molecular complexity index is 1020. The van der Waals surface area contributed by atoms with Crippen molar-refractivity contribution in [2.75, 3.05) is 5.32 Å². The van der Waals surface area contributed by atoms with Crippen molar-refractivity contribution in [3.8, 4) is 0 Å². The van der Waals surface area contributed by atoms with Gasteiger partial charge in [-0.15, -0.1) is 0 Å². The van der Waals surface area contributed by atoms with Gasteiger partial charge >= 0.3 is 0 Å². The maximum atomic E-state index is 13.7. The molecule has 144 valence electrons. The van der Waals surface area contributed by atoms with E-state index in [4.69, 9.17) is 27.6 Å². The molecular formula is C20H15Cl2FN2O3. The Morgan fingerprint density at radius 2 is 1.82 bits per heavy atom. The molecule has 28 heavy (non-hydrogen) atoms. The number of furan rings is 1. The second kappa shape index (κ2) is 8.46. The summed E-state index contributed by atoms with van der Waals surface area (Å²) in [5.74, 6) is -1.31. The van der Waals surface area contributed by atoms with Gasteiger partial charge < -0.3 is 15.1 Å². The first-order valence-corrected chi connectivity index (χ1v) is 9.01. The zero-order valence-corrected chi connectivity index (χ0v) is 16.1. The molecule has 0 aliphatic heterocycles. The SMILES string of the molecule is CC(NC(=O)c1cccc(NC(=O)c2ccco2)c1)c1cc(F)c(Cl)cc1Cl. The van der Waals surface area contributed by atoms with Gasteiger partial charge in [-0.3, -0.25) is 9.59 Å². The van der Waals surface area contributed by atoms with Crippen molar-refractivity contribution in [3.63, 3.8) is 0 Å². The van der Waals surface area contributed by atoms with Gasteiger partial charge in [0.1, 0.15) is 5.82 Å². The van der Waals surface area contributed by atoms with Crippen LogP contribution in [0.15, 0.2) is 59.2 Å². The summed E-state index contributed by atoms with van der Waals surface area (Å²) in [6.07, 6.45) is 1.39. The Balaban J connectivity index is 1.72. The summed E-state index contributed by atoms with van der Waals surface area (Å²) < 4.78 is 18.8. The number of amides is 2. The van der Waals surface area contributed by atoms with Gasteiger partial charge in [0.05, 0.1) is 17.3 Å². The highest BCUT2D eigenvalue weighted by Crippen LogP contribution is 2.28. The lowest BCUT2D eigenvalue weighted by atomic mass is 10.1. The average Bonchev–Trinajstić information content (AvgIpc) is 3.19. The van der Waals surface area contributed by atoms with E-state index in [1.807, 2.05) is 0 Å². The molecule has 2 N–H and O–H groups in total. The van der Waals surface area contributed by atoms with E-state index in [1.165, 1.54) is 30.5 Å². The van der Waals surface area contributed by atoms with E-state index in [9.17, 15) is 14.0 Å². The minimum Gasteiger partial charge on any atom is -0.459 e. The van der Waals surface area contributed by atoms with Crippen molar-refractivity contribution in [3.05, 3.63) is 87.5 Å². The molecule has 0 aliphatic carbocycles. The molecule has 0 bridgehead atoms. The molecular weight excluding hydrogens is 406 g/mol. The molecule has 1 unspecified atom stereocenters. The van der Waals surface area contributed by atoms with E-state index in [2.05, 4.69) is 10.6 Å². The standard InChI is InChI=1S/C20H15Cl2FN2O3/c1-11(14-9-17(23)16(22)10-15(14)21)24-19(26)12-4-2-5-13(8-12)25-20(27)18-6-3-7-28-18/h2-11H,1H3,(H,24,26)(H,25,27). The molecule has 0 radical (unpaired) electrons. The lowest BCUT2D eigenvalue weighted by Gasteiger charge is -2.17. The molecule has 8 heteroatoms. The smallest absolute Gasteiger partial charge is 0.291 e. The summed E-state index contributed by atoms with van der Waals surface area (Å²) in [5, 5.41) is 5.55. The van der Waals surface area contributed by atoms with Crippen molar-refractivity contribution in [2.24, 2.45) is 0 Å². The molecule has 3 aromatic rings. The fourth-order valence-electron chi connectivity index (χ4n) is 2.57. The number of carbonyl (C=O) groups is 2. The Kier molecular flexibility index (Phi) is 6.02. The largest absolute Gasteiger partial charge is 0.459 e. The summed E-state index contributed by atoms with van der Waals surface area (Å²) >= 11 is 11.8. The molecule has 1 heterocycles. The highest BCUT2D eigenvalue weighted by atomic mass is 35.5. The van der Waals surface area contributed by atoms with Crippen LogP contribution in [0, 0.1) is 5.82 Å². The highest BCUT2D eigenvalue weighted by molar-refractivity contribution is 6.35. The molecule has 2 amide bonds. The molecule has 1 atom stereocenters. The predicted molar refractivity (Wildman–Crippen MR) is 105 cm³/mol. The molecule has 3 rings (SSSR count). The van der Waals surface area contributed by atoms with E-state index >= 15 is 0 Å². The van der Waals surface area contributed by atoms with Gasteiger partial charge in [0.2, 0.25) is 0 Å². The van der Waals surface area contributed by atoms with Crippen LogP contribution in [0.4, 0.5) is 10.1 Å². The van der Waals surface area contributed by atoms with Gasteiger partial charge in [-0.05, 0) is 55.0 Å². The van der Waals surface area contributed by atoms with Gasteiger partial charge in [0.15, 0.2) is 5.76 Å². The molecule has 0 saturated carbocycles. The van der Waals surface area contributed by atoms with Gasteiger partial charge in [0, 0.05) is 16.3 Å². The number of carbonyl (C=O) groups excluding carboxylic acids is 2. The monoisotopic (exact) mass is 420 g/mol. The van der Waals surface area contributed by atoms with E-state index in [-0.39, 0.29) is 15.8 Å². The highest BCUT2D eigenvalue weighted by Gasteiger charge is 2.17. The minimum atomic E-state index is -0.621. The summed E-state index contributed by atoms with van der Waals surface area (Å²) in [7, 11) is 0. The van der Waals surface area contributed by atoms with E-state index in [0.717, 1.165) is 0 Å². The van der Waals surface area contributed by atoms with Crippen LogP contribution in [-0.2, 0) is 0 Å². The fraction of sp³-hybridized carbons (Fsp3) is 0.100.